The number of thiophene rings is 1. The highest BCUT2D eigenvalue weighted by Gasteiger charge is 2.46. The van der Waals surface area contributed by atoms with E-state index in [1.807, 2.05) is 11.3 Å². The van der Waals surface area contributed by atoms with Crippen LogP contribution in [0.25, 0.3) is 125 Å². The maximum Gasteiger partial charge on any atom is 0.122 e. The Bertz CT molecular complexity index is 5560. The SMILES string of the molecule is CC1(Cc2ccc3c4cc(Br)c5c(c4n(-c4ccccc4)c3c2)-c2ccccc2[Si]5(C)Cc2ccc3c4cc(Br)c5sc6ccccc6c5c4n(-c4ccccc4)c3c2)c2ccccc2-c2c1c(Br)cc1c3ccccc3n(-c3ccccc3)c21. The summed E-state index contributed by atoms with van der Waals surface area (Å²) in [6, 6.07) is 92.3. The minimum Gasteiger partial charge on any atom is -0.309 e. The fourth-order valence-electron chi connectivity index (χ4n) is 15.9. The first kappa shape index (κ1) is 50.3. The van der Waals surface area contributed by atoms with Gasteiger partial charge >= 0.3 is 0 Å². The molecule has 0 saturated carbocycles. The van der Waals surface area contributed by atoms with E-state index in [0.29, 0.717) is 0 Å². The van der Waals surface area contributed by atoms with Crippen LogP contribution in [0, 0.1) is 0 Å². The number of nitrogens with zero attached hydrogens (tertiary/aromatic N) is 3. The van der Waals surface area contributed by atoms with Crippen molar-refractivity contribution in [3.05, 3.63) is 278 Å². The zero-order valence-corrected chi connectivity index (χ0v) is 53.0. The Labute approximate surface area is 521 Å². The third kappa shape index (κ3) is 6.97. The molecule has 0 N–H and O–H groups in total. The molecule has 16 aromatic rings. The summed E-state index contributed by atoms with van der Waals surface area (Å²) >= 11 is 14.6. The largest absolute Gasteiger partial charge is 0.309 e. The fourth-order valence-corrected chi connectivity index (χ4v) is 24.6. The van der Waals surface area contributed by atoms with Gasteiger partial charge in [0.25, 0.3) is 0 Å². The minimum absolute atomic E-state index is 0.356. The second-order valence-electron chi connectivity index (χ2n) is 23.9. The van der Waals surface area contributed by atoms with Crippen molar-refractivity contribution in [3.8, 4) is 39.3 Å². The molecule has 2 aliphatic rings. The first-order valence-electron chi connectivity index (χ1n) is 29.2. The van der Waals surface area contributed by atoms with Crippen LogP contribution in [-0.2, 0) is 17.9 Å². The van der Waals surface area contributed by atoms with Gasteiger partial charge in [-0.3, -0.25) is 0 Å². The highest BCUT2D eigenvalue weighted by Crippen LogP contribution is 2.57. The van der Waals surface area contributed by atoms with Gasteiger partial charge in [0.15, 0.2) is 0 Å². The number of halogens is 3. The molecule has 0 saturated heterocycles. The van der Waals surface area contributed by atoms with Crippen molar-refractivity contribution in [2.24, 2.45) is 0 Å². The van der Waals surface area contributed by atoms with Crippen LogP contribution in [0.4, 0.5) is 0 Å². The second-order valence-corrected chi connectivity index (χ2v) is 31.6. The van der Waals surface area contributed by atoms with E-state index < -0.39 is 8.07 Å². The van der Waals surface area contributed by atoms with Gasteiger partial charge in [-0.1, -0.05) is 209 Å². The van der Waals surface area contributed by atoms with Crippen molar-refractivity contribution in [1.82, 2.24) is 13.7 Å². The lowest BCUT2D eigenvalue weighted by molar-refractivity contribution is 0.581. The molecule has 1 aliphatic heterocycles. The predicted octanol–water partition coefficient (Wildman–Crippen LogP) is 21.1. The molecular formula is C77H50Br3N3SSi. The molecule has 12 aromatic carbocycles. The number of para-hydroxylation sites is 4. The lowest BCUT2D eigenvalue weighted by Crippen LogP contribution is -2.55. The number of hydrogen-bond acceptors (Lipinski definition) is 1. The molecule has 0 amide bonds. The Hall–Kier alpha value is -8.08. The van der Waals surface area contributed by atoms with E-state index >= 15 is 0 Å². The Morgan fingerprint density at radius 3 is 1.64 bits per heavy atom. The van der Waals surface area contributed by atoms with Crippen LogP contribution >= 0.6 is 59.1 Å². The Balaban J connectivity index is 0.827. The topological polar surface area (TPSA) is 14.8 Å². The lowest BCUT2D eigenvalue weighted by atomic mass is 9.75. The number of rotatable bonds is 7. The van der Waals surface area contributed by atoms with E-state index in [1.54, 1.807) is 0 Å². The molecule has 18 rings (SSSR count). The number of hydrogen-bond donors (Lipinski definition) is 0. The molecule has 2 unspecified atom stereocenters. The Morgan fingerprint density at radius 2 is 0.929 bits per heavy atom. The van der Waals surface area contributed by atoms with E-state index in [-0.39, 0.29) is 5.41 Å². The van der Waals surface area contributed by atoms with Gasteiger partial charge in [0.1, 0.15) is 8.07 Å². The maximum absolute atomic E-state index is 4.40. The predicted molar refractivity (Wildman–Crippen MR) is 374 cm³/mol. The van der Waals surface area contributed by atoms with E-state index in [2.05, 4.69) is 318 Å². The summed E-state index contributed by atoms with van der Waals surface area (Å²) in [4.78, 5) is 0. The quantitative estimate of drug-likeness (QED) is 0.141. The standard InChI is InChI=1S/C77H50Br3N3SSi/c1-77(59-30-16-12-27-53(59)68-71(77)60(78)40-56-50-26-13-17-31-63(50)81(72(56)68)47-20-6-3-7-21-47)43-45-34-36-51-58-42-62(80)76-70(74(58)83(64(51)38-45)49-24-10-5-11-25-49)55-29-15-19-33-67(55)85(76,2)44-46-35-37-52-57-41-61(79)75-69(54-28-14-18-32-66(54)84-75)73(57)82(65(52)39-46)48-22-8-4-9-23-48/h3-42H,43-44H2,1-2H3. The van der Waals surface area contributed by atoms with Gasteiger partial charge in [0.05, 0.1) is 37.8 Å². The van der Waals surface area contributed by atoms with Crippen LogP contribution < -0.4 is 10.4 Å². The molecular weight excluding hydrogens is 1270 g/mol. The van der Waals surface area contributed by atoms with Crippen molar-refractivity contribution in [3.63, 3.8) is 0 Å². The number of fused-ring (bicyclic) bond motifs is 21. The highest BCUT2D eigenvalue weighted by molar-refractivity contribution is 9.11. The Morgan fingerprint density at radius 1 is 0.424 bits per heavy atom. The third-order valence-electron chi connectivity index (χ3n) is 19.2. The van der Waals surface area contributed by atoms with E-state index in [1.165, 1.54) is 156 Å². The van der Waals surface area contributed by atoms with E-state index in [9.17, 15) is 0 Å². The van der Waals surface area contributed by atoms with Gasteiger partial charge in [-0.2, -0.15) is 0 Å². The lowest BCUT2D eigenvalue weighted by Gasteiger charge is -2.29. The number of aromatic nitrogens is 3. The molecule has 5 heterocycles. The van der Waals surface area contributed by atoms with Crippen molar-refractivity contribution in [1.29, 1.82) is 0 Å². The molecule has 0 radical (unpaired) electrons. The average molecular weight is 1320 g/mol. The van der Waals surface area contributed by atoms with Gasteiger partial charge in [-0.15, -0.1) is 11.3 Å². The van der Waals surface area contributed by atoms with Crippen LogP contribution in [0.2, 0.25) is 6.55 Å². The summed E-state index contributed by atoms with van der Waals surface area (Å²) in [5.41, 5.74) is 21.3. The molecule has 0 bridgehead atoms. The summed E-state index contributed by atoms with van der Waals surface area (Å²) in [5.74, 6) is 0. The molecule has 0 fully saturated rings. The van der Waals surface area contributed by atoms with Crippen LogP contribution in [0.1, 0.15) is 29.2 Å². The summed E-state index contributed by atoms with van der Waals surface area (Å²) in [5, 5.41) is 13.1. The molecule has 3 nitrogen and oxygen atoms in total. The fraction of sp³-hybridized carbons (Fsp3) is 0.0649. The minimum atomic E-state index is -2.56. The van der Waals surface area contributed by atoms with Crippen molar-refractivity contribution < 1.29 is 0 Å². The summed E-state index contributed by atoms with van der Waals surface area (Å²) in [7, 11) is -2.56. The summed E-state index contributed by atoms with van der Waals surface area (Å²) in [6.45, 7) is 5.11. The number of benzene rings is 12. The maximum atomic E-state index is 4.40. The Kier molecular flexibility index (Phi) is 10.9. The van der Waals surface area contributed by atoms with Crippen molar-refractivity contribution in [2.75, 3.05) is 0 Å². The molecule has 8 heteroatoms. The average Bonchev–Trinajstić information content (AvgIpc) is 1.79. The van der Waals surface area contributed by atoms with Gasteiger partial charge in [-0.05, 0) is 151 Å². The van der Waals surface area contributed by atoms with Crippen LogP contribution in [-0.4, -0.2) is 21.8 Å². The molecule has 1 aliphatic carbocycles. The normalized spacial score (nSPS) is 16.2. The highest BCUT2D eigenvalue weighted by atomic mass is 79.9. The van der Waals surface area contributed by atoms with Gasteiger partial charge in [0, 0.05) is 94.8 Å². The first-order valence-corrected chi connectivity index (χ1v) is 35.1. The van der Waals surface area contributed by atoms with Crippen LogP contribution in [0.5, 0.6) is 0 Å². The van der Waals surface area contributed by atoms with E-state index in [4.69, 9.17) is 0 Å². The monoisotopic (exact) mass is 1310 g/mol. The van der Waals surface area contributed by atoms with Gasteiger partial charge in [0.2, 0.25) is 0 Å². The zero-order chi connectivity index (χ0) is 56.6. The molecule has 0 spiro atoms. The summed E-state index contributed by atoms with van der Waals surface area (Å²) < 4.78 is 13.7. The zero-order valence-electron chi connectivity index (χ0n) is 46.4. The van der Waals surface area contributed by atoms with Crippen molar-refractivity contribution >= 4 is 163 Å². The first-order chi connectivity index (χ1) is 41.7. The van der Waals surface area contributed by atoms with Crippen molar-refractivity contribution in [2.45, 2.75) is 31.4 Å². The summed E-state index contributed by atoms with van der Waals surface area (Å²) in [6.07, 6.45) is 0.814. The molecule has 4 aromatic heterocycles. The van der Waals surface area contributed by atoms with Gasteiger partial charge < -0.3 is 13.7 Å². The molecule has 404 valence electrons. The molecule has 2 atom stereocenters. The van der Waals surface area contributed by atoms with E-state index in [0.717, 1.165) is 27.1 Å². The smallest absolute Gasteiger partial charge is 0.122 e. The van der Waals surface area contributed by atoms with Crippen LogP contribution in [0.3, 0.4) is 0 Å². The van der Waals surface area contributed by atoms with Gasteiger partial charge in [-0.25, -0.2) is 0 Å². The third-order valence-corrected chi connectivity index (χ3v) is 27.3. The van der Waals surface area contributed by atoms with Crippen LogP contribution in [0.15, 0.2) is 256 Å². The second kappa shape index (κ2) is 18.5. The molecule has 85 heavy (non-hydrogen) atoms.